The van der Waals surface area contributed by atoms with Crippen molar-refractivity contribution in [2.75, 3.05) is 6.61 Å². The van der Waals surface area contributed by atoms with Gasteiger partial charge in [0.05, 0.1) is 6.10 Å². The molecule has 3 aliphatic rings. The molecule has 2 nitrogen and oxygen atoms in total. The monoisotopic (exact) mass is 181 g/mol. The van der Waals surface area contributed by atoms with Crippen LogP contribution < -0.4 is 5.32 Å². The van der Waals surface area contributed by atoms with Gasteiger partial charge in [0, 0.05) is 18.7 Å². The Bertz CT molecular complexity index is 179. The number of hydrogen-bond acceptors (Lipinski definition) is 2. The zero-order chi connectivity index (χ0) is 8.67. The molecule has 0 spiro atoms. The van der Waals surface area contributed by atoms with Crippen molar-refractivity contribution in [1.82, 2.24) is 5.32 Å². The molecule has 1 aliphatic carbocycles. The smallest absolute Gasteiger partial charge is 0.0604 e. The quantitative estimate of drug-likeness (QED) is 0.715. The molecule has 3 fully saturated rings. The Labute approximate surface area is 80.0 Å². The molecular weight excluding hydrogens is 162 g/mol. The number of ether oxygens (including phenoxy) is 1. The van der Waals surface area contributed by atoms with Gasteiger partial charge in [-0.2, -0.15) is 0 Å². The summed E-state index contributed by atoms with van der Waals surface area (Å²) in [4.78, 5) is 0. The van der Waals surface area contributed by atoms with Crippen LogP contribution in [0.15, 0.2) is 0 Å². The summed E-state index contributed by atoms with van der Waals surface area (Å²) in [5.74, 6) is 0.924. The lowest BCUT2D eigenvalue weighted by Crippen LogP contribution is -2.41. The maximum Gasteiger partial charge on any atom is 0.0604 e. The number of piperidine rings is 1. The summed E-state index contributed by atoms with van der Waals surface area (Å²) in [6.07, 6.45) is 8.71. The second-order valence-corrected chi connectivity index (χ2v) is 5.01. The highest BCUT2D eigenvalue weighted by molar-refractivity contribution is 4.92. The minimum absolute atomic E-state index is 0.583. The zero-order valence-corrected chi connectivity index (χ0v) is 8.17. The van der Waals surface area contributed by atoms with Gasteiger partial charge >= 0.3 is 0 Å². The fourth-order valence-corrected chi connectivity index (χ4v) is 2.70. The lowest BCUT2D eigenvalue weighted by molar-refractivity contribution is 0.0145. The molecule has 0 unspecified atom stereocenters. The minimum Gasteiger partial charge on any atom is -0.378 e. The van der Waals surface area contributed by atoms with E-state index in [4.69, 9.17) is 4.74 Å². The molecule has 0 aromatic rings. The van der Waals surface area contributed by atoms with E-state index in [1.165, 1.54) is 38.5 Å². The van der Waals surface area contributed by atoms with E-state index in [9.17, 15) is 0 Å². The van der Waals surface area contributed by atoms with E-state index in [0.29, 0.717) is 6.10 Å². The van der Waals surface area contributed by atoms with Crippen molar-refractivity contribution >= 4 is 0 Å². The number of fused-ring (bicyclic) bond motifs is 2. The fraction of sp³-hybridized carbons (Fsp3) is 1.00. The van der Waals surface area contributed by atoms with Gasteiger partial charge in [-0.05, 0) is 44.4 Å². The van der Waals surface area contributed by atoms with Crippen molar-refractivity contribution in [1.29, 1.82) is 0 Å². The first-order valence-corrected chi connectivity index (χ1v) is 5.78. The van der Waals surface area contributed by atoms with Gasteiger partial charge in [-0.1, -0.05) is 0 Å². The Morgan fingerprint density at radius 3 is 2.31 bits per heavy atom. The van der Waals surface area contributed by atoms with Gasteiger partial charge in [0.15, 0.2) is 0 Å². The molecule has 0 aromatic carbocycles. The summed E-state index contributed by atoms with van der Waals surface area (Å²) >= 11 is 0. The minimum atomic E-state index is 0.583. The van der Waals surface area contributed by atoms with E-state index < -0.39 is 0 Å². The molecule has 2 heteroatoms. The average molecular weight is 181 g/mol. The molecule has 1 N–H and O–H groups in total. The van der Waals surface area contributed by atoms with Crippen LogP contribution in [0.3, 0.4) is 0 Å². The van der Waals surface area contributed by atoms with Crippen LogP contribution in [0, 0.1) is 5.92 Å². The highest BCUT2D eigenvalue weighted by atomic mass is 16.5. The normalized spacial score (nSPS) is 43.8. The average Bonchev–Trinajstić information content (AvgIpc) is 2.90. The molecule has 0 radical (unpaired) electrons. The van der Waals surface area contributed by atoms with Crippen molar-refractivity contribution < 1.29 is 4.74 Å². The van der Waals surface area contributed by atoms with Gasteiger partial charge in [0.1, 0.15) is 0 Å². The third-order valence-electron chi connectivity index (χ3n) is 3.69. The molecule has 13 heavy (non-hydrogen) atoms. The third-order valence-corrected chi connectivity index (χ3v) is 3.69. The maximum atomic E-state index is 5.95. The van der Waals surface area contributed by atoms with Gasteiger partial charge < -0.3 is 10.1 Å². The molecule has 2 saturated heterocycles. The van der Waals surface area contributed by atoms with E-state index in [0.717, 1.165) is 24.6 Å². The number of hydrogen-bond donors (Lipinski definition) is 1. The first-order valence-electron chi connectivity index (χ1n) is 5.78. The Kier molecular flexibility index (Phi) is 2.06. The van der Waals surface area contributed by atoms with Gasteiger partial charge in [0.2, 0.25) is 0 Å². The second-order valence-electron chi connectivity index (χ2n) is 5.01. The van der Waals surface area contributed by atoms with Gasteiger partial charge in [-0.25, -0.2) is 0 Å². The van der Waals surface area contributed by atoms with Crippen LogP contribution in [0.1, 0.15) is 38.5 Å². The van der Waals surface area contributed by atoms with Crippen molar-refractivity contribution in [3.63, 3.8) is 0 Å². The maximum absolute atomic E-state index is 5.95. The molecule has 74 valence electrons. The van der Waals surface area contributed by atoms with E-state index >= 15 is 0 Å². The van der Waals surface area contributed by atoms with Crippen LogP contribution in [0.5, 0.6) is 0 Å². The standard InChI is InChI=1S/C11H19NO/c1-2-8(1)7-13-11-5-9-3-4-10(6-11)12-9/h8-12H,1-7H2/t9-,10-/m1/s1. The topological polar surface area (TPSA) is 21.3 Å². The Balaban J connectivity index is 1.48. The number of rotatable bonds is 3. The van der Waals surface area contributed by atoms with Crippen LogP contribution in [0.2, 0.25) is 0 Å². The molecule has 2 heterocycles. The van der Waals surface area contributed by atoms with E-state index in [2.05, 4.69) is 5.32 Å². The lowest BCUT2D eigenvalue weighted by atomic mass is 10.0. The van der Waals surface area contributed by atoms with Crippen LogP contribution in [-0.2, 0) is 4.74 Å². The predicted octanol–water partition coefficient (Wildman–Crippen LogP) is 1.70. The van der Waals surface area contributed by atoms with Crippen LogP contribution in [0.4, 0.5) is 0 Å². The highest BCUT2D eigenvalue weighted by Gasteiger charge is 2.34. The molecule has 2 bridgehead atoms. The largest absolute Gasteiger partial charge is 0.378 e. The van der Waals surface area contributed by atoms with Gasteiger partial charge in [0.25, 0.3) is 0 Å². The van der Waals surface area contributed by atoms with Crippen molar-refractivity contribution in [3.8, 4) is 0 Å². The molecule has 0 aromatic heterocycles. The first-order chi connectivity index (χ1) is 6.40. The molecule has 2 atom stereocenters. The summed E-state index contributed by atoms with van der Waals surface area (Å²) in [6, 6.07) is 1.56. The van der Waals surface area contributed by atoms with Crippen molar-refractivity contribution in [2.45, 2.75) is 56.7 Å². The Morgan fingerprint density at radius 1 is 1.00 bits per heavy atom. The SMILES string of the molecule is C1CC1COC1C[C@H]2CC[C@H](C1)N2. The number of nitrogens with one attached hydrogen (secondary N) is 1. The molecule has 1 saturated carbocycles. The van der Waals surface area contributed by atoms with Gasteiger partial charge in [-0.15, -0.1) is 0 Å². The lowest BCUT2D eigenvalue weighted by Gasteiger charge is -2.29. The summed E-state index contributed by atoms with van der Waals surface area (Å²) in [5, 5.41) is 3.64. The van der Waals surface area contributed by atoms with Gasteiger partial charge in [-0.3, -0.25) is 0 Å². The first kappa shape index (κ1) is 8.25. The van der Waals surface area contributed by atoms with E-state index in [1.807, 2.05) is 0 Å². The van der Waals surface area contributed by atoms with E-state index in [1.54, 1.807) is 0 Å². The van der Waals surface area contributed by atoms with Crippen LogP contribution in [-0.4, -0.2) is 24.8 Å². The second kappa shape index (κ2) is 3.25. The summed E-state index contributed by atoms with van der Waals surface area (Å²) in [5.41, 5.74) is 0. The highest BCUT2D eigenvalue weighted by Crippen LogP contribution is 2.32. The molecule has 0 amide bonds. The zero-order valence-electron chi connectivity index (χ0n) is 8.17. The third kappa shape index (κ3) is 1.89. The molecule has 2 aliphatic heterocycles. The summed E-state index contributed by atoms with van der Waals surface area (Å²) in [7, 11) is 0. The van der Waals surface area contributed by atoms with Crippen molar-refractivity contribution in [2.24, 2.45) is 5.92 Å². The predicted molar refractivity (Wildman–Crippen MR) is 51.6 cm³/mol. The fourth-order valence-electron chi connectivity index (χ4n) is 2.70. The Hall–Kier alpha value is -0.0800. The summed E-state index contributed by atoms with van der Waals surface area (Å²) in [6.45, 7) is 1.05. The van der Waals surface area contributed by atoms with Crippen LogP contribution >= 0.6 is 0 Å². The van der Waals surface area contributed by atoms with E-state index in [-0.39, 0.29) is 0 Å². The Morgan fingerprint density at radius 2 is 1.69 bits per heavy atom. The summed E-state index contributed by atoms with van der Waals surface area (Å²) < 4.78 is 5.95. The molecular formula is C11H19NO. The van der Waals surface area contributed by atoms with Crippen molar-refractivity contribution in [3.05, 3.63) is 0 Å². The van der Waals surface area contributed by atoms with Crippen LogP contribution in [0.25, 0.3) is 0 Å². The molecule has 3 rings (SSSR count).